The standard InChI is InChI=1S/C16H18ClNO3/c17-12-3-1-2-9(6-12)8-18-15(19)13-10-4-5-11(7-10)14(13)16(20)21/h1-3,6,10-11,13-14H,4-5,7-8H2,(H,18,19)(H,20,21)/t10-,11+,13-,14+/m1/s1. The number of hydrogen-bond acceptors (Lipinski definition) is 2. The second-order valence-corrected chi connectivity index (χ2v) is 6.51. The van der Waals surface area contributed by atoms with Crippen LogP contribution in [-0.2, 0) is 16.1 Å². The smallest absolute Gasteiger partial charge is 0.307 e. The van der Waals surface area contributed by atoms with E-state index in [0.29, 0.717) is 11.6 Å². The summed E-state index contributed by atoms with van der Waals surface area (Å²) in [4.78, 5) is 23.8. The minimum Gasteiger partial charge on any atom is -0.481 e. The zero-order valence-electron chi connectivity index (χ0n) is 11.6. The number of carbonyl (C=O) groups excluding carboxylic acids is 1. The van der Waals surface area contributed by atoms with Crippen molar-refractivity contribution in [2.45, 2.75) is 25.8 Å². The van der Waals surface area contributed by atoms with E-state index in [1.807, 2.05) is 12.1 Å². The lowest BCUT2D eigenvalue weighted by Crippen LogP contribution is -2.41. The SMILES string of the molecule is O=C(NCc1cccc(Cl)c1)[C@@H]1[C@@H]2CC[C@@H](C2)[C@@H]1C(=O)O. The van der Waals surface area contributed by atoms with Gasteiger partial charge in [0.05, 0.1) is 11.8 Å². The molecule has 2 fully saturated rings. The van der Waals surface area contributed by atoms with Crippen LogP contribution >= 0.6 is 11.6 Å². The Kier molecular flexibility index (Phi) is 3.89. The van der Waals surface area contributed by atoms with Crippen LogP contribution in [0.1, 0.15) is 24.8 Å². The Morgan fingerprint density at radius 3 is 2.62 bits per heavy atom. The third-order valence-electron chi connectivity index (χ3n) is 4.86. The molecule has 0 spiro atoms. The average Bonchev–Trinajstić information content (AvgIpc) is 3.05. The molecule has 5 heteroatoms. The van der Waals surface area contributed by atoms with E-state index in [1.165, 1.54) is 0 Å². The maximum atomic E-state index is 12.4. The van der Waals surface area contributed by atoms with E-state index in [-0.39, 0.29) is 23.7 Å². The Bertz CT molecular complexity index is 574. The second kappa shape index (κ2) is 5.68. The highest BCUT2D eigenvalue weighted by atomic mass is 35.5. The molecule has 0 saturated heterocycles. The quantitative estimate of drug-likeness (QED) is 0.899. The summed E-state index contributed by atoms with van der Waals surface area (Å²) < 4.78 is 0. The molecule has 0 aliphatic heterocycles. The number of amides is 1. The van der Waals surface area contributed by atoms with Gasteiger partial charge in [-0.1, -0.05) is 23.7 Å². The minimum absolute atomic E-state index is 0.130. The molecule has 0 aromatic heterocycles. The van der Waals surface area contributed by atoms with Gasteiger partial charge in [-0.05, 0) is 48.8 Å². The van der Waals surface area contributed by atoms with Gasteiger partial charge in [0.1, 0.15) is 0 Å². The summed E-state index contributed by atoms with van der Waals surface area (Å²) in [7, 11) is 0. The lowest BCUT2D eigenvalue weighted by atomic mass is 9.78. The number of halogens is 1. The average molecular weight is 308 g/mol. The normalized spacial score (nSPS) is 30.3. The lowest BCUT2D eigenvalue weighted by Gasteiger charge is -2.27. The maximum Gasteiger partial charge on any atom is 0.307 e. The molecular formula is C16H18ClNO3. The summed E-state index contributed by atoms with van der Waals surface area (Å²) in [5.74, 6) is -1.44. The molecule has 2 N–H and O–H groups in total. The highest BCUT2D eigenvalue weighted by Crippen LogP contribution is 2.52. The number of benzene rings is 1. The predicted octanol–water partition coefficient (Wildman–Crippen LogP) is 2.70. The van der Waals surface area contributed by atoms with Gasteiger partial charge in [-0.3, -0.25) is 9.59 Å². The molecule has 3 rings (SSSR count). The van der Waals surface area contributed by atoms with E-state index in [1.54, 1.807) is 12.1 Å². The lowest BCUT2D eigenvalue weighted by molar-refractivity contribution is -0.149. The Balaban J connectivity index is 1.66. The van der Waals surface area contributed by atoms with Crippen molar-refractivity contribution in [3.05, 3.63) is 34.9 Å². The van der Waals surface area contributed by atoms with E-state index in [9.17, 15) is 14.7 Å². The molecule has 0 heterocycles. The second-order valence-electron chi connectivity index (χ2n) is 6.07. The summed E-state index contributed by atoms with van der Waals surface area (Å²) >= 11 is 5.91. The van der Waals surface area contributed by atoms with Crippen LogP contribution in [0.25, 0.3) is 0 Å². The van der Waals surface area contributed by atoms with Crippen LogP contribution in [0.5, 0.6) is 0 Å². The van der Waals surface area contributed by atoms with Crippen LogP contribution in [0.3, 0.4) is 0 Å². The molecule has 0 radical (unpaired) electrons. The summed E-state index contributed by atoms with van der Waals surface area (Å²) in [6.45, 7) is 0.389. The number of carboxylic acids is 1. The van der Waals surface area contributed by atoms with E-state index in [2.05, 4.69) is 5.32 Å². The first-order valence-corrected chi connectivity index (χ1v) is 7.69. The Hall–Kier alpha value is -1.55. The summed E-state index contributed by atoms with van der Waals surface area (Å²) in [5, 5.41) is 12.9. The van der Waals surface area contributed by atoms with Crippen molar-refractivity contribution in [1.29, 1.82) is 0 Å². The van der Waals surface area contributed by atoms with Crippen molar-refractivity contribution < 1.29 is 14.7 Å². The van der Waals surface area contributed by atoms with Crippen molar-refractivity contribution in [3.63, 3.8) is 0 Å². The molecule has 0 unspecified atom stereocenters. The number of nitrogens with one attached hydrogen (secondary N) is 1. The van der Waals surface area contributed by atoms with Crippen molar-refractivity contribution in [2.75, 3.05) is 0 Å². The summed E-state index contributed by atoms with van der Waals surface area (Å²) in [5.41, 5.74) is 0.922. The van der Waals surface area contributed by atoms with Crippen molar-refractivity contribution in [3.8, 4) is 0 Å². The van der Waals surface area contributed by atoms with Crippen LogP contribution in [0, 0.1) is 23.7 Å². The molecule has 112 valence electrons. The zero-order chi connectivity index (χ0) is 15.0. The van der Waals surface area contributed by atoms with Crippen LogP contribution in [-0.4, -0.2) is 17.0 Å². The van der Waals surface area contributed by atoms with E-state index in [0.717, 1.165) is 24.8 Å². The first-order chi connectivity index (χ1) is 10.1. The fraction of sp³-hybridized carbons (Fsp3) is 0.500. The van der Waals surface area contributed by atoms with Crippen LogP contribution < -0.4 is 5.32 Å². The van der Waals surface area contributed by atoms with Crippen LogP contribution in [0.15, 0.2) is 24.3 Å². The number of hydrogen-bond donors (Lipinski definition) is 2. The van der Waals surface area contributed by atoms with Gasteiger partial charge in [-0.2, -0.15) is 0 Å². The molecule has 4 atom stereocenters. The van der Waals surface area contributed by atoms with Gasteiger partial charge in [0.15, 0.2) is 0 Å². The summed E-state index contributed by atoms with van der Waals surface area (Å²) in [6, 6.07) is 7.31. The van der Waals surface area contributed by atoms with Crippen LogP contribution in [0.2, 0.25) is 5.02 Å². The van der Waals surface area contributed by atoms with Gasteiger partial charge >= 0.3 is 5.97 Å². The Labute approximate surface area is 128 Å². The van der Waals surface area contributed by atoms with Crippen LogP contribution in [0.4, 0.5) is 0 Å². The molecule has 21 heavy (non-hydrogen) atoms. The largest absolute Gasteiger partial charge is 0.481 e. The monoisotopic (exact) mass is 307 g/mol. The van der Waals surface area contributed by atoms with Gasteiger partial charge in [-0.25, -0.2) is 0 Å². The molecule has 1 aromatic carbocycles. The minimum atomic E-state index is -0.829. The van der Waals surface area contributed by atoms with E-state index < -0.39 is 11.9 Å². The molecule has 2 aliphatic carbocycles. The third kappa shape index (κ3) is 2.77. The fourth-order valence-corrected chi connectivity index (χ4v) is 4.19. The highest BCUT2D eigenvalue weighted by molar-refractivity contribution is 6.30. The maximum absolute atomic E-state index is 12.4. The Morgan fingerprint density at radius 2 is 1.95 bits per heavy atom. The molecule has 1 aromatic rings. The Morgan fingerprint density at radius 1 is 1.24 bits per heavy atom. The van der Waals surface area contributed by atoms with Gasteiger partial charge in [0, 0.05) is 11.6 Å². The van der Waals surface area contributed by atoms with E-state index >= 15 is 0 Å². The van der Waals surface area contributed by atoms with Crippen molar-refractivity contribution in [1.82, 2.24) is 5.32 Å². The number of rotatable bonds is 4. The zero-order valence-corrected chi connectivity index (χ0v) is 12.3. The highest BCUT2D eigenvalue weighted by Gasteiger charge is 2.53. The topological polar surface area (TPSA) is 66.4 Å². The summed E-state index contributed by atoms with van der Waals surface area (Å²) in [6.07, 6.45) is 2.80. The molecule has 4 nitrogen and oxygen atoms in total. The van der Waals surface area contributed by atoms with E-state index in [4.69, 9.17) is 11.6 Å². The predicted molar refractivity (Wildman–Crippen MR) is 78.7 cm³/mol. The van der Waals surface area contributed by atoms with Crippen molar-refractivity contribution >= 4 is 23.5 Å². The first-order valence-electron chi connectivity index (χ1n) is 7.31. The van der Waals surface area contributed by atoms with Gasteiger partial charge < -0.3 is 10.4 Å². The molecule has 2 saturated carbocycles. The molecule has 1 amide bonds. The fourth-order valence-electron chi connectivity index (χ4n) is 3.98. The number of carboxylic acid groups (broad SMARTS) is 1. The molecule has 2 aliphatic rings. The molecule has 2 bridgehead atoms. The molecular weight excluding hydrogens is 290 g/mol. The third-order valence-corrected chi connectivity index (χ3v) is 5.10. The number of carbonyl (C=O) groups is 2. The van der Waals surface area contributed by atoms with Gasteiger partial charge in [0.2, 0.25) is 5.91 Å². The van der Waals surface area contributed by atoms with Gasteiger partial charge in [0.25, 0.3) is 0 Å². The van der Waals surface area contributed by atoms with Gasteiger partial charge in [-0.15, -0.1) is 0 Å². The number of fused-ring (bicyclic) bond motifs is 2. The first kappa shape index (κ1) is 14.4. The van der Waals surface area contributed by atoms with Crippen molar-refractivity contribution in [2.24, 2.45) is 23.7 Å². The number of aliphatic carboxylic acids is 1.